The van der Waals surface area contributed by atoms with E-state index in [1.807, 2.05) is 6.92 Å². The molecule has 2 unspecified atom stereocenters. The molecular weight excluding hydrogens is 190 g/mol. The van der Waals surface area contributed by atoms with E-state index >= 15 is 0 Å². The van der Waals surface area contributed by atoms with Crippen LogP contribution in [0.2, 0.25) is 0 Å². The zero-order chi connectivity index (χ0) is 10.9. The van der Waals surface area contributed by atoms with Crippen molar-refractivity contribution in [3.8, 4) is 0 Å². The van der Waals surface area contributed by atoms with Crippen molar-refractivity contribution in [1.82, 2.24) is 0 Å². The van der Waals surface area contributed by atoms with Crippen LogP contribution >= 0.6 is 0 Å². The fourth-order valence-electron chi connectivity index (χ4n) is 3.09. The SMILES string of the molecule is CC(O)(CN)C1CCOC2(CCCC2)C1. The largest absolute Gasteiger partial charge is 0.389 e. The molecule has 0 bridgehead atoms. The fraction of sp³-hybridized carbons (Fsp3) is 1.00. The van der Waals surface area contributed by atoms with E-state index in [1.165, 1.54) is 25.7 Å². The number of ether oxygens (including phenoxy) is 1. The van der Waals surface area contributed by atoms with Crippen LogP contribution in [0.5, 0.6) is 0 Å². The van der Waals surface area contributed by atoms with E-state index in [4.69, 9.17) is 10.5 Å². The second kappa shape index (κ2) is 4.04. The van der Waals surface area contributed by atoms with Gasteiger partial charge in [-0.15, -0.1) is 0 Å². The normalized spacial score (nSPS) is 34.2. The van der Waals surface area contributed by atoms with Gasteiger partial charge in [-0.2, -0.15) is 0 Å². The molecule has 3 heteroatoms. The van der Waals surface area contributed by atoms with Gasteiger partial charge in [0.2, 0.25) is 0 Å². The summed E-state index contributed by atoms with van der Waals surface area (Å²) < 4.78 is 5.94. The molecule has 1 saturated heterocycles. The summed E-state index contributed by atoms with van der Waals surface area (Å²) in [6.45, 7) is 3.01. The van der Waals surface area contributed by atoms with Crippen molar-refractivity contribution in [2.75, 3.05) is 13.2 Å². The average molecular weight is 213 g/mol. The van der Waals surface area contributed by atoms with Crippen LogP contribution in [0.15, 0.2) is 0 Å². The Kier molecular flexibility index (Phi) is 3.06. The molecule has 15 heavy (non-hydrogen) atoms. The number of rotatable bonds is 2. The van der Waals surface area contributed by atoms with E-state index in [9.17, 15) is 5.11 Å². The molecule has 0 aromatic rings. The molecule has 88 valence electrons. The summed E-state index contributed by atoms with van der Waals surface area (Å²) in [6.07, 6.45) is 6.84. The molecule has 0 radical (unpaired) electrons. The van der Waals surface area contributed by atoms with Crippen molar-refractivity contribution < 1.29 is 9.84 Å². The minimum Gasteiger partial charge on any atom is -0.389 e. The highest BCUT2D eigenvalue weighted by Gasteiger charge is 2.44. The van der Waals surface area contributed by atoms with Crippen molar-refractivity contribution in [2.24, 2.45) is 11.7 Å². The first kappa shape index (κ1) is 11.4. The molecule has 0 amide bonds. The summed E-state index contributed by atoms with van der Waals surface area (Å²) in [7, 11) is 0. The Labute approximate surface area is 92.0 Å². The highest BCUT2D eigenvalue weighted by molar-refractivity contribution is 4.96. The Morgan fingerprint density at radius 2 is 2.13 bits per heavy atom. The van der Waals surface area contributed by atoms with Gasteiger partial charge in [0.25, 0.3) is 0 Å². The van der Waals surface area contributed by atoms with Gasteiger partial charge >= 0.3 is 0 Å². The highest BCUT2D eigenvalue weighted by atomic mass is 16.5. The Bertz CT molecular complexity index is 222. The lowest BCUT2D eigenvalue weighted by Gasteiger charge is -2.43. The van der Waals surface area contributed by atoms with Gasteiger partial charge < -0.3 is 15.6 Å². The van der Waals surface area contributed by atoms with Crippen LogP contribution in [0.3, 0.4) is 0 Å². The molecule has 2 atom stereocenters. The van der Waals surface area contributed by atoms with Crippen LogP contribution in [0.1, 0.15) is 45.4 Å². The summed E-state index contributed by atoms with van der Waals surface area (Å²) in [5.74, 6) is 0.314. The minimum atomic E-state index is -0.709. The summed E-state index contributed by atoms with van der Waals surface area (Å²) in [4.78, 5) is 0. The molecular formula is C12H23NO2. The quantitative estimate of drug-likeness (QED) is 0.729. The number of hydrogen-bond acceptors (Lipinski definition) is 3. The lowest BCUT2D eigenvalue weighted by molar-refractivity contribution is -0.133. The topological polar surface area (TPSA) is 55.5 Å². The first-order valence-electron chi connectivity index (χ1n) is 6.14. The molecule has 2 fully saturated rings. The first-order valence-corrected chi connectivity index (χ1v) is 6.14. The van der Waals surface area contributed by atoms with Gasteiger partial charge in [-0.1, -0.05) is 12.8 Å². The van der Waals surface area contributed by atoms with Crippen LogP contribution in [-0.2, 0) is 4.74 Å². The Balaban J connectivity index is 2.03. The summed E-state index contributed by atoms with van der Waals surface area (Å²) in [6, 6.07) is 0. The Hall–Kier alpha value is -0.120. The molecule has 1 aliphatic carbocycles. The van der Waals surface area contributed by atoms with E-state index < -0.39 is 5.60 Å². The van der Waals surface area contributed by atoms with Crippen LogP contribution < -0.4 is 5.73 Å². The van der Waals surface area contributed by atoms with Gasteiger partial charge in [-0.05, 0) is 38.5 Å². The second-order valence-electron chi connectivity index (χ2n) is 5.49. The van der Waals surface area contributed by atoms with Crippen LogP contribution in [0.4, 0.5) is 0 Å². The molecule has 2 rings (SSSR count). The van der Waals surface area contributed by atoms with E-state index in [0.29, 0.717) is 12.5 Å². The molecule has 1 saturated carbocycles. The second-order valence-corrected chi connectivity index (χ2v) is 5.49. The zero-order valence-electron chi connectivity index (χ0n) is 9.67. The van der Waals surface area contributed by atoms with E-state index in [0.717, 1.165) is 19.4 Å². The molecule has 0 aromatic heterocycles. The maximum atomic E-state index is 10.2. The first-order chi connectivity index (χ1) is 7.08. The van der Waals surface area contributed by atoms with Crippen molar-refractivity contribution in [3.63, 3.8) is 0 Å². The maximum Gasteiger partial charge on any atom is 0.0771 e. The zero-order valence-corrected chi connectivity index (χ0v) is 9.67. The van der Waals surface area contributed by atoms with Crippen LogP contribution in [0.25, 0.3) is 0 Å². The van der Waals surface area contributed by atoms with E-state index in [1.54, 1.807) is 0 Å². The number of nitrogens with two attached hydrogens (primary N) is 1. The smallest absolute Gasteiger partial charge is 0.0771 e. The van der Waals surface area contributed by atoms with Crippen molar-refractivity contribution in [3.05, 3.63) is 0 Å². The standard InChI is InChI=1S/C12H23NO2/c1-11(14,9-13)10-4-7-15-12(8-10)5-2-3-6-12/h10,14H,2-9,13H2,1H3. The monoisotopic (exact) mass is 213 g/mol. The lowest BCUT2D eigenvalue weighted by Crippen LogP contribution is -2.49. The maximum absolute atomic E-state index is 10.2. The number of aliphatic hydroxyl groups is 1. The molecule has 1 aliphatic heterocycles. The fourth-order valence-corrected chi connectivity index (χ4v) is 3.09. The minimum absolute atomic E-state index is 0.0854. The van der Waals surface area contributed by atoms with E-state index in [2.05, 4.69) is 0 Å². The molecule has 0 aromatic carbocycles. The molecule has 1 heterocycles. The molecule has 3 N–H and O–H groups in total. The summed E-state index contributed by atoms with van der Waals surface area (Å²) >= 11 is 0. The van der Waals surface area contributed by atoms with Crippen LogP contribution in [-0.4, -0.2) is 29.5 Å². The third kappa shape index (κ3) is 2.19. The number of hydrogen-bond donors (Lipinski definition) is 2. The third-order valence-electron chi connectivity index (χ3n) is 4.30. The molecule has 1 spiro atoms. The van der Waals surface area contributed by atoms with Gasteiger partial charge in [-0.3, -0.25) is 0 Å². The van der Waals surface area contributed by atoms with Crippen LogP contribution in [0, 0.1) is 5.92 Å². The van der Waals surface area contributed by atoms with E-state index in [-0.39, 0.29) is 5.60 Å². The van der Waals surface area contributed by atoms with Crippen molar-refractivity contribution in [1.29, 1.82) is 0 Å². The van der Waals surface area contributed by atoms with Gasteiger partial charge in [0, 0.05) is 13.2 Å². The van der Waals surface area contributed by atoms with Crippen molar-refractivity contribution in [2.45, 2.75) is 56.7 Å². The van der Waals surface area contributed by atoms with Crippen molar-refractivity contribution >= 4 is 0 Å². The molecule has 2 aliphatic rings. The Morgan fingerprint density at radius 3 is 2.73 bits per heavy atom. The van der Waals surface area contributed by atoms with Gasteiger partial charge in [0.05, 0.1) is 11.2 Å². The predicted octanol–water partition coefficient (Wildman–Crippen LogP) is 1.44. The van der Waals surface area contributed by atoms with Gasteiger partial charge in [0.1, 0.15) is 0 Å². The molecule has 3 nitrogen and oxygen atoms in total. The highest BCUT2D eigenvalue weighted by Crippen LogP contribution is 2.44. The summed E-state index contributed by atoms with van der Waals surface area (Å²) in [5.41, 5.74) is 5.01. The predicted molar refractivity (Wildman–Crippen MR) is 59.6 cm³/mol. The lowest BCUT2D eigenvalue weighted by atomic mass is 9.76. The van der Waals surface area contributed by atoms with Gasteiger partial charge in [-0.25, -0.2) is 0 Å². The summed E-state index contributed by atoms with van der Waals surface area (Å²) in [5, 5.41) is 10.2. The third-order valence-corrected chi connectivity index (χ3v) is 4.30. The van der Waals surface area contributed by atoms with Gasteiger partial charge in [0.15, 0.2) is 0 Å². The Morgan fingerprint density at radius 1 is 1.47 bits per heavy atom. The average Bonchev–Trinajstić information content (AvgIpc) is 2.66.